The molecular weight excluding hydrogens is 341 g/mol. The molecule has 7 heteroatoms. The van der Waals surface area contributed by atoms with Gasteiger partial charge < -0.3 is 5.32 Å². The maximum Gasteiger partial charge on any atom is 0.418 e. The Morgan fingerprint density at radius 3 is 2.54 bits per heavy atom. The lowest BCUT2D eigenvalue weighted by atomic mass is 10.1. The molecule has 122 valence electrons. The molecule has 1 aromatic heterocycles. The second-order valence-electron chi connectivity index (χ2n) is 5.02. The molecule has 0 aliphatic rings. The molecule has 3 nitrogen and oxygen atoms in total. The van der Waals surface area contributed by atoms with Crippen LogP contribution in [0.2, 0.25) is 5.02 Å². The average Bonchev–Trinajstić information content (AvgIpc) is 2.53. The molecule has 1 N–H and O–H groups in total. The summed E-state index contributed by atoms with van der Waals surface area (Å²) in [6.07, 6.45) is -3.30. The highest BCUT2D eigenvalue weighted by Crippen LogP contribution is 2.35. The van der Waals surface area contributed by atoms with Gasteiger partial charge in [0, 0.05) is 22.2 Å². The number of amides is 1. The Balaban J connectivity index is 2.03. The number of para-hydroxylation sites is 1. The molecule has 0 aliphatic carbocycles. The molecule has 24 heavy (non-hydrogen) atoms. The van der Waals surface area contributed by atoms with E-state index in [9.17, 15) is 18.0 Å². The Morgan fingerprint density at radius 2 is 1.83 bits per heavy atom. The van der Waals surface area contributed by atoms with Gasteiger partial charge in [0.1, 0.15) is 0 Å². The summed E-state index contributed by atoms with van der Waals surface area (Å²) in [5.74, 6) is -0.470. The van der Waals surface area contributed by atoms with E-state index in [1.54, 1.807) is 18.2 Å². The van der Waals surface area contributed by atoms with Gasteiger partial charge in [-0.3, -0.25) is 9.78 Å². The van der Waals surface area contributed by atoms with Gasteiger partial charge in [-0.15, -0.1) is 0 Å². The lowest BCUT2D eigenvalue weighted by Crippen LogP contribution is -2.13. The number of nitrogens with one attached hydrogen (secondary N) is 1. The van der Waals surface area contributed by atoms with Gasteiger partial charge >= 0.3 is 6.18 Å². The van der Waals surface area contributed by atoms with Crippen molar-refractivity contribution in [3.8, 4) is 0 Å². The lowest BCUT2D eigenvalue weighted by Gasteiger charge is -2.12. The number of hydrogen-bond acceptors (Lipinski definition) is 2. The monoisotopic (exact) mass is 350 g/mol. The van der Waals surface area contributed by atoms with E-state index in [1.165, 1.54) is 30.5 Å². The zero-order valence-electron chi connectivity index (χ0n) is 12.1. The number of carbonyl (C=O) groups is 1. The standard InChI is InChI=1S/C17H10ClF3N2O/c18-11-4-1-3-10(9-11)16(24)23-14-7-8-22-15-12(14)5-2-6-13(15)17(19,20)21/h1-9H,(H,22,23,24). The maximum absolute atomic E-state index is 13.1. The lowest BCUT2D eigenvalue weighted by molar-refractivity contribution is -0.136. The molecule has 0 radical (unpaired) electrons. The predicted molar refractivity (Wildman–Crippen MR) is 86.2 cm³/mol. The molecule has 3 rings (SSSR count). The van der Waals surface area contributed by atoms with Crippen molar-refractivity contribution in [3.63, 3.8) is 0 Å². The van der Waals surface area contributed by atoms with Gasteiger partial charge in [-0.1, -0.05) is 29.8 Å². The highest BCUT2D eigenvalue weighted by Gasteiger charge is 2.33. The molecule has 0 unspecified atom stereocenters. The fraction of sp³-hybridized carbons (Fsp3) is 0.0588. The maximum atomic E-state index is 13.1. The molecule has 0 bridgehead atoms. The summed E-state index contributed by atoms with van der Waals surface area (Å²) in [6.45, 7) is 0. The third kappa shape index (κ3) is 3.19. The van der Waals surface area contributed by atoms with E-state index >= 15 is 0 Å². The third-order valence-corrected chi connectivity index (χ3v) is 3.65. The number of carbonyl (C=O) groups excluding carboxylic acids is 1. The zero-order valence-corrected chi connectivity index (χ0v) is 12.8. The number of fused-ring (bicyclic) bond motifs is 1. The summed E-state index contributed by atoms with van der Waals surface area (Å²) in [5, 5.41) is 3.20. The second kappa shape index (κ2) is 6.13. The van der Waals surface area contributed by atoms with Crippen molar-refractivity contribution in [2.24, 2.45) is 0 Å². The second-order valence-corrected chi connectivity index (χ2v) is 5.46. The Labute approximate surface area is 140 Å². The van der Waals surface area contributed by atoms with Crippen LogP contribution in [0.1, 0.15) is 15.9 Å². The first-order valence-electron chi connectivity index (χ1n) is 6.88. The molecule has 0 saturated carbocycles. The number of halogens is 4. The van der Waals surface area contributed by atoms with Crippen molar-refractivity contribution in [1.29, 1.82) is 0 Å². The molecule has 0 saturated heterocycles. The fourth-order valence-corrected chi connectivity index (χ4v) is 2.53. The summed E-state index contributed by atoms with van der Waals surface area (Å²) in [6, 6.07) is 11.4. The number of pyridine rings is 1. The topological polar surface area (TPSA) is 42.0 Å². The Hall–Kier alpha value is -2.60. The minimum atomic E-state index is -4.53. The van der Waals surface area contributed by atoms with Gasteiger partial charge in [0.05, 0.1) is 16.8 Å². The van der Waals surface area contributed by atoms with Gasteiger partial charge in [-0.2, -0.15) is 13.2 Å². The highest BCUT2D eigenvalue weighted by molar-refractivity contribution is 6.31. The van der Waals surface area contributed by atoms with E-state index in [0.29, 0.717) is 10.6 Å². The van der Waals surface area contributed by atoms with Crippen molar-refractivity contribution >= 4 is 34.1 Å². The third-order valence-electron chi connectivity index (χ3n) is 3.41. The molecule has 1 heterocycles. The highest BCUT2D eigenvalue weighted by atomic mass is 35.5. The van der Waals surface area contributed by atoms with Crippen molar-refractivity contribution in [1.82, 2.24) is 4.98 Å². The number of nitrogens with zero attached hydrogens (tertiary/aromatic N) is 1. The first-order valence-corrected chi connectivity index (χ1v) is 7.26. The van der Waals surface area contributed by atoms with Crippen LogP contribution in [0.5, 0.6) is 0 Å². The van der Waals surface area contributed by atoms with Crippen molar-refractivity contribution in [2.75, 3.05) is 5.32 Å². The van der Waals surface area contributed by atoms with Crippen molar-refractivity contribution in [3.05, 3.63) is 70.9 Å². The molecule has 0 spiro atoms. The molecule has 3 aromatic rings. The number of alkyl halides is 3. The summed E-state index contributed by atoms with van der Waals surface area (Å²) in [5.41, 5.74) is -0.511. The summed E-state index contributed by atoms with van der Waals surface area (Å²) in [7, 11) is 0. The molecular formula is C17H10ClF3N2O. The number of anilines is 1. The molecule has 0 atom stereocenters. The minimum Gasteiger partial charge on any atom is -0.321 e. The number of aromatic nitrogens is 1. The number of benzene rings is 2. The zero-order chi connectivity index (χ0) is 17.3. The van der Waals surface area contributed by atoms with E-state index in [4.69, 9.17) is 11.6 Å². The van der Waals surface area contributed by atoms with E-state index < -0.39 is 17.6 Å². The fourth-order valence-electron chi connectivity index (χ4n) is 2.34. The van der Waals surface area contributed by atoms with Crippen LogP contribution in [0.25, 0.3) is 10.9 Å². The molecule has 0 fully saturated rings. The largest absolute Gasteiger partial charge is 0.418 e. The Morgan fingerprint density at radius 1 is 1.08 bits per heavy atom. The minimum absolute atomic E-state index is 0.211. The normalized spacial score (nSPS) is 11.5. The number of hydrogen-bond donors (Lipinski definition) is 1. The average molecular weight is 351 g/mol. The van der Waals surface area contributed by atoms with E-state index in [0.717, 1.165) is 6.07 Å². The van der Waals surface area contributed by atoms with Gasteiger partial charge in [-0.25, -0.2) is 0 Å². The van der Waals surface area contributed by atoms with Gasteiger partial charge in [0.25, 0.3) is 5.91 Å². The summed E-state index contributed by atoms with van der Waals surface area (Å²) < 4.78 is 39.2. The number of rotatable bonds is 2. The van der Waals surface area contributed by atoms with E-state index in [1.807, 2.05) is 0 Å². The summed E-state index contributed by atoms with van der Waals surface area (Å²) in [4.78, 5) is 16.1. The van der Waals surface area contributed by atoms with Crippen LogP contribution in [0.15, 0.2) is 54.7 Å². The van der Waals surface area contributed by atoms with Crippen molar-refractivity contribution < 1.29 is 18.0 Å². The van der Waals surface area contributed by atoms with Crippen molar-refractivity contribution in [2.45, 2.75) is 6.18 Å². The Kier molecular flexibility index (Phi) is 4.15. The molecule has 1 amide bonds. The van der Waals surface area contributed by atoms with Crippen LogP contribution in [0.4, 0.5) is 18.9 Å². The summed E-state index contributed by atoms with van der Waals surface area (Å²) >= 11 is 5.84. The molecule has 0 aliphatic heterocycles. The van der Waals surface area contributed by atoms with Gasteiger partial charge in [0.2, 0.25) is 0 Å². The van der Waals surface area contributed by atoms with Crippen LogP contribution < -0.4 is 5.32 Å². The van der Waals surface area contributed by atoms with Gasteiger partial charge in [0.15, 0.2) is 0 Å². The Bertz CT molecular complexity index is 925. The van der Waals surface area contributed by atoms with E-state index in [-0.39, 0.29) is 16.6 Å². The van der Waals surface area contributed by atoms with Crippen LogP contribution >= 0.6 is 11.6 Å². The van der Waals surface area contributed by atoms with Gasteiger partial charge in [-0.05, 0) is 30.3 Å². The first-order chi connectivity index (χ1) is 11.4. The predicted octanol–water partition coefficient (Wildman–Crippen LogP) is 5.16. The van der Waals surface area contributed by atoms with Crippen LogP contribution in [-0.2, 0) is 6.18 Å². The van der Waals surface area contributed by atoms with Crippen LogP contribution in [-0.4, -0.2) is 10.9 Å². The SMILES string of the molecule is O=C(Nc1ccnc2c(C(F)(F)F)cccc12)c1cccc(Cl)c1. The first kappa shape index (κ1) is 16.3. The van der Waals surface area contributed by atoms with Crippen LogP contribution in [0, 0.1) is 0 Å². The van der Waals surface area contributed by atoms with E-state index in [2.05, 4.69) is 10.3 Å². The quantitative estimate of drug-likeness (QED) is 0.693. The van der Waals surface area contributed by atoms with Crippen LogP contribution in [0.3, 0.4) is 0 Å². The smallest absolute Gasteiger partial charge is 0.321 e. The molecule has 2 aromatic carbocycles.